The van der Waals surface area contributed by atoms with Crippen LogP contribution in [0.2, 0.25) is 0 Å². The Bertz CT molecular complexity index is 322. The van der Waals surface area contributed by atoms with Gasteiger partial charge in [0.25, 0.3) is 5.88 Å². The zero-order chi connectivity index (χ0) is 9.26. The maximum Gasteiger partial charge on any atom is 0.408 e. The summed E-state index contributed by atoms with van der Waals surface area (Å²) in [5, 5.41) is 6.09. The first kappa shape index (κ1) is 7.90. The Kier molecular flexibility index (Phi) is 1.80. The van der Waals surface area contributed by atoms with Crippen LogP contribution in [0.15, 0.2) is 10.6 Å². The molecule has 0 aromatic carbocycles. The van der Waals surface area contributed by atoms with Crippen LogP contribution in [0.4, 0.5) is 4.79 Å². The molecule has 1 amide bonds. The highest BCUT2D eigenvalue weighted by molar-refractivity contribution is 5.69. The fourth-order valence-corrected chi connectivity index (χ4v) is 1.07. The van der Waals surface area contributed by atoms with E-state index in [0.29, 0.717) is 18.2 Å². The summed E-state index contributed by atoms with van der Waals surface area (Å²) in [6, 6.07) is 1.59. The first-order valence-electron chi connectivity index (χ1n) is 3.74. The molecule has 0 spiro atoms. The number of methoxy groups -OCH3 is 1. The van der Waals surface area contributed by atoms with Gasteiger partial charge in [-0.15, -0.1) is 0 Å². The van der Waals surface area contributed by atoms with Gasteiger partial charge in [-0.05, 0) is 5.16 Å². The Hall–Kier alpha value is -1.72. The molecule has 1 atom stereocenters. The molecule has 1 fully saturated rings. The number of carbonyl (C=O) groups is 1. The van der Waals surface area contributed by atoms with Gasteiger partial charge >= 0.3 is 6.09 Å². The number of rotatable bonds is 2. The highest BCUT2D eigenvalue weighted by Gasteiger charge is 2.27. The van der Waals surface area contributed by atoms with Gasteiger partial charge in [-0.3, -0.25) is 0 Å². The Balaban J connectivity index is 2.12. The van der Waals surface area contributed by atoms with Crippen LogP contribution in [0.3, 0.4) is 0 Å². The van der Waals surface area contributed by atoms with Crippen LogP contribution in [0.5, 0.6) is 5.88 Å². The average molecular weight is 184 g/mol. The maximum atomic E-state index is 10.7. The molecule has 1 N–H and O–H groups in total. The largest absolute Gasteiger partial charge is 0.479 e. The zero-order valence-electron chi connectivity index (χ0n) is 6.94. The van der Waals surface area contributed by atoms with Crippen molar-refractivity contribution >= 4 is 6.09 Å². The summed E-state index contributed by atoms with van der Waals surface area (Å²) < 4.78 is 14.6. The van der Waals surface area contributed by atoms with Crippen molar-refractivity contribution in [2.24, 2.45) is 0 Å². The van der Waals surface area contributed by atoms with Crippen LogP contribution in [0, 0.1) is 0 Å². The number of hydrogen-bond acceptors (Lipinski definition) is 5. The molecule has 1 unspecified atom stereocenters. The second-order valence-corrected chi connectivity index (χ2v) is 2.55. The molecule has 1 aromatic rings. The minimum atomic E-state index is -0.444. The second-order valence-electron chi connectivity index (χ2n) is 2.55. The van der Waals surface area contributed by atoms with E-state index in [9.17, 15) is 4.79 Å². The van der Waals surface area contributed by atoms with Crippen molar-refractivity contribution in [3.05, 3.63) is 11.8 Å². The van der Waals surface area contributed by atoms with Gasteiger partial charge in [-0.1, -0.05) is 0 Å². The average Bonchev–Trinajstić information content (AvgIpc) is 2.71. The Morgan fingerprint density at radius 1 is 1.77 bits per heavy atom. The standard InChI is InChI=1S/C7H8N2O4/c1-11-6-2-4(13-9-6)5-3-8-7(10)12-5/h2,5H,3H2,1H3,(H,8,10). The summed E-state index contributed by atoms with van der Waals surface area (Å²) >= 11 is 0. The van der Waals surface area contributed by atoms with Crippen LogP contribution in [0.1, 0.15) is 11.9 Å². The molecule has 0 radical (unpaired) electrons. The summed E-state index contributed by atoms with van der Waals surface area (Å²) in [6.45, 7) is 0.400. The van der Waals surface area contributed by atoms with Crippen molar-refractivity contribution in [3.63, 3.8) is 0 Å². The fraction of sp³-hybridized carbons (Fsp3) is 0.429. The predicted molar refractivity (Wildman–Crippen MR) is 40.3 cm³/mol. The molecule has 0 aliphatic carbocycles. The third-order valence-corrected chi connectivity index (χ3v) is 1.71. The molecule has 6 nitrogen and oxygen atoms in total. The lowest BCUT2D eigenvalue weighted by Gasteiger charge is -1.99. The van der Waals surface area contributed by atoms with E-state index < -0.39 is 12.2 Å². The van der Waals surface area contributed by atoms with E-state index in [4.69, 9.17) is 14.0 Å². The lowest BCUT2D eigenvalue weighted by Crippen LogP contribution is -2.12. The van der Waals surface area contributed by atoms with Gasteiger partial charge in [-0.2, -0.15) is 0 Å². The normalized spacial score (nSPS) is 21.0. The number of amides is 1. The highest BCUT2D eigenvalue weighted by Crippen LogP contribution is 2.23. The quantitative estimate of drug-likeness (QED) is 0.722. The van der Waals surface area contributed by atoms with Crippen molar-refractivity contribution in [3.8, 4) is 5.88 Å². The molecule has 2 rings (SSSR count). The SMILES string of the molecule is COc1cc(C2CNC(=O)O2)on1. The number of aromatic nitrogens is 1. The van der Waals surface area contributed by atoms with Crippen LogP contribution in [-0.4, -0.2) is 24.9 Å². The van der Waals surface area contributed by atoms with Gasteiger partial charge in [0.15, 0.2) is 11.9 Å². The van der Waals surface area contributed by atoms with E-state index >= 15 is 0 Å². The van der Waals surface area contributed by atoms with Crippen LogP contribution in [-0.2, 0) is 4.74 Å². The molecule has 1 saturated heterocycles. The molecular weight excluding hydrogens is 176 g/mol. The summed E-state index contributed by atoms with van der Waals surface area (Å²) in [5.41, 5.74) is 0. The molecule has 2 heterocycles. The smallest absolute Gasteiger partial charge is 0.408 e. The van der Waals surface area contributed by atoms with E-state index in [1.807, 2.05) is 0 Å². The van der Waals surface area contributed by atoms with Crippen molar-refractivity contribution in [2.75, 3.05) is 13.7 Å². The summed E-state index contributed by atoms with van der Waals surface area (Å²) in [5.74, 6) is 0.855. The number of alkyl carbamates (subject to hydrolysis) is 1. The molecule has 70 valence electrons. The number of nitrogens with zero attached hydrogens (tertiary/aromatic N) is 1. The first-order chi connectivity index (χ1) is 6.29. The molecule has 13 heavy (non-hydrogen) atoms. The van der Waals surface area contributed by atoms with Gasteiger partial charge in [0, 0.05) is 6.07 Å². The van der Waals surface area contributed by atoms with Gasteiger partial charge in [-0.25, -0.2) is 4.79 Å². The zero-order valence-corrected chi connectivity index (χ0v) is 6.94. The second kappa shape index (κ2) is 2.96. The third-order valence-electron chi connectivity index (χ3n) is 1.71. The van der Waals surface area contributed by atoms with Crippen molar-refractivity contribution in [1.29, 1.82) is 0 Å². The Morgan fingerprint density at radius 3 is 3.15 bits per heavy atom. The van der Waals surface area contributed by atoms with E-state index in [1.54, 1.807) is 6.07 Å². The van der Waals surface area contributed by atoms with Crippen LogP contribution >= 0.6 is 0 Å². The first-order valence-corrected chi connectivity index (χ1v) is 3.74. The Morgan fingerprint density at radius 2 is 2.62 bits per heavy atom. The van der Waals surface area contributed by atoms with Crippen molar-refractivity contribution in [2.45, 2.75) is 6.10 Å². The van der Waals surface area contributed by atoms with Gasteiger partial charge in [0.2, 0.25) is 0 Å². The minimum absolute atomic E-state index is 0.373. The number of hydrogen-bond donors (Lipinski definition) is 1. The van der Waals surface area contributed by atoms with Crippen LogP contribution < -0.4 is 10.1 Å². The van der Waals surface area contributed by atoms with E-state index in [0.717, 1.165) is 0 Å². The molecule has 6 heteroatoms. The van der Waals surface area contributed by atoms with Gasteiger partial charge < -0.3 is 19.3 Å². The van der Waals surface area contributed by atoms with Crippen LogP contribution in [0.25, 0.3) is 0 Å². The molecule has 1 aliphatic rings. The summed E-state index contributed by atoms with van der Waals surface area (Å²) in [6.07, 6.45) is -0.843. The number of carbonyl (C=O) groups excluding carboxylic acids is 1. The molecule has 1 aliphatic heterocycles. The highest BCUT2D eigenvalue weighted by atomic mass is 16.6. The Labute approximate surface area is 73.8 Å². The molecular formula is C7H8N2O4. The minimum Gasteiger partial charge on any atom is -0.479 e. The lowest BCUT2D eigenvalue weighted by atomic mass is 10.3. The van der Waals surface area contributed by atoms with E-state index in [2.05, 4.69) is 10.5 Å². The maximum absolute atomic E-state index is 10.7. The fourth-order valence-electron chi connectivity index (χ4n) is 1.07. The number of cyclic esters (lactones) is 1. The number of nitrogens with one attached hydrogen (secondary N) is 1. The summed E-state index contributed by atoms with van der Waals surface area (Å²) in [7, 11) is 1.49. The van der Waals surface area contributed by atoms with Gasteiger partial charge in [0.05, 0.1) is 13.7 Å². The monoisotopic (exact) mass is 184 g/mol. The summed E-state index contributed by atoms with van der Waals surface area (Å²) in [4.78, 5) is 10.7. The van der Waals surface area contributed by atoms with Crippen molar-refractivity contribution in [1.82, 2.24) is 10.5 Å². The molecule has 0 bridgehead atoms. The number of ether oxygens (including phenoxy) is 2. The van der Waals surface area contributed by atoms with Crippen molar-refractivity contribution < 1.29 is 18.8 Å². The molecule has 0 saturated carbocycles. The van der Waals surface area contributed by atoms with E-state index in [1.165, 1.54) is 7.11 Å². The topological polar surface area (TPSA) is 73.6 Å². The predicted octanol–water partition coefficient (Wildman–Crippen LogP) is 0.464. The lowest BCUT2D eigenvalue weighted by molar-refractivity contribution is 0.123. The van der Waals surface area contributed by atoms with Gasteiger partial charge in [0.1, 0.15) is 0 Å². The molecule has 1 aromatic heterocycles. The van der Waals surface area contributed by atoms with E-state index in [-0.39, 0.29) is 0 Å². The third kappa shape index (κ3) is 1.42.